The lowest BCUT2D eigenvalue weighted by atomic mass is 10.1. The summed E-state index contributed by atoms with van der Waals surface area (Å²) >= 11 is 0. The quantitative estimate of drug-likeness (QED) is 0.853. The monoisotopic (exact) mass is 366 g/mol. The van der Waals surface area contributed by atoms with Crippen molar-refractivity contribution in [3.63, 3.8) is 0 Å². The number of benzene rings is 2. The van der Waals surface area contributed by atoms with Crippen LogP contribution in [0, 0.1) is 19.8 Å². The van der Waals surface area contributed by atoms with Gasteiger partial charge >= 0.3 is 0 Å². The second-order valence-electron chi connectivity index (χ2n) is 7.17. The van der Waals surface area contributed by atoms with Crippen LogP contribution in [-0.4, -0.2) is 36.9 Å². The van der Waals surface area contributed by atoms with Crippen LogP contribution in [0.3, 0.4) is 0 Å². The van der Waals surface area contributed by atoms with Crippen LogP contribution in [0.5, 0.6) is 5.75 Å². The maximum absolute atomic E-state index is 12.6. The third-order valence-corrected chi connectivity index (χ3v) is 4.92. The SMILES string of the molecule is COc1ccccc1CCN1CC(C(=O)Nc2cc(C)cc(C)c2)CC1=O. The number of carbonyl (C=O) groups excluding carboxylic acids is 2. The van der Waals surface area contributed by atoms with Gasteiger partial charge < -0.3 is 15.0 Å². The molecule has 0 bridgehead atoms. The summed E-state index contributed by atoms with van der Waals surface area (Å²) in [6.45, 7) is 5.06. The number of hydrogen-bond donors (Lipinski definition) is 1. The van der Waals surface area contributed by atoms with Gasteiger partial charge in [-0.2, -0.15) is 0 Å². The van der Waals surface area contributed by atoms with Crippen molar-refractivity contribution in [2.24, 2.45) is 5.92 Å². The molecule has 0 radical (unpaired) electrons. The lowest BCUT2D eigenvalue weighted by molar-refractivity contribution is -0.128. The molecule has 3 rings (SSSR count). The van der Waals surface area contributed by atoms with E-state index in [-0.39, 0.29) is 24.2 Å². The molecule has 1 aliphatic heterocycles. The lowest BCUT2D eigenvalue weighted by Crippen LogP contribution is -2.30. The van der Waals surface area contributed by atoms with Crippen molar-refractivity contribution in [2.45, 2.75) is 26.7 Å². The van der Waals surface area contributed by atoms with Crippen LogP contribution in [0.1, 0.15) is 23.1 Å². The zero-order valence-corrected chi connectivity index (χ0v) is 16.1. The van der Waals surface area contributed by atoms with Crippen molar-refractivity contribution >= 4 is 17.5 Å². The molecular formula is C22H26N2O3. The van der Waals surface area contributed by atoms with E-state index in [9.17, 15) is 9.59 Å². The minimum absolute atomic E-state index is 0.0328. The van der Waals surface area contributed by atoms with Crippen molar-refractivity contribution in [1.82, 2.24) is 4.90 Å². The van der Waals surface area contributed by atoms with Gasteiger partial charge in [-0.05, 0) is 55.2 Å². The number of aryl methyl sites for hydroxylation is 2. The number of nitrogens with zero attached hydrogens (tertiary/aromatic N) is 1. The fourth-order valence-electron chi connectivity index (χ4n) is 3.62. The number of para-hydroxylation sites is 1. The van der Waals surface area contributed by atoms with E-state index in [0.29, 0.717) is 19.5 Å². The zero-order chi connectivity index (χ0) is 19.4. The Hall–Kier alpha value is -2.82. The van der Waals surface area contributed by atoms with Crippen molar-refractivity contribution in [3.05, 3.63) is 59.2 Å². The molecule has 142 valence electrons. The molecule has 1 aliphatic rings. The molecule has 0 saturated carbocycles. The molecule has 1 N–H and O–H groups in total. The highest BCUT2D eigenvalue weighted by Gasteiger charge is 2.34. The van der Waals surface area contributed by atoms with Crippen LogP contribution in [0.2, 0.25) is 0 Å². The van der Waals surface area contributed by atoms with Gasteiger partial charge in [-0.1, -0.05) is 24.3 Å². The number of anilines is 1. The van der Waals surface area contributed by atoms with E-state index in [1.165, 1.54) is 0 Å². The molecular weight excluding hydrogens is 340 g/mol. The minimum atomic E-state index is -0.309. The first-order valence-corrected chi connectivity index (χ1v) is 9.25. The van der Waals surface area contributed by atoms with Gasteiger partial charge in [-0.25, -0.2) is 0 Å². The summed E-state index contributed by atoms with van der Waals surface area (Å²) in [5, 5.41) is 2.96. The Labute approximate surface area is 160 Å². The fourth-order valence-corrected chi connectivity index (χ4v) is 3.62. The Morgan fingerprint density at radius 2 is 1.89 bits per heavy atom. The molecule has 1 fully saturated rings. The number of rotatable bonds is 6. The lowest BCUT2D eigenvalue weighted by Gasteiger charge is -2.17. The first-order valence-electron chi connectivity index (χ1n) is 9.25. The third kappa shape index (κ3) is 4.67. The second kappa shape index (κ2) is 8.25. The van der Waals surface area contributed by atoms with Crippen molar-refractivity contribution in [3.8, 4) is 5.75 Å². The van der Waals surface area contributed by atoms with Gasteiger partial charge in [0.25, 0.3) is 0 Å². The number of ether oxygens (including phenoxy) is 1. The van der Waals surface area contributed by atoms with Gasteiger partial charge in [0.1, 0.15) is 5.75 Å². The van der Waals surface area contributed by atoms with Crippen LogP contribution < -0.4 is 10.1 Å². The molecule has 1 atom stereocenters. The summed E-state index contributed by atoms with van der Waals surface area (Å²) in [6.07, 6.45) is 0.976. The largest absolute Gasteiger partial charge is 0.496 e. The number of methoxy groups -OCH3 is 1. The van der Waals surface area contributed by atoms with E-state index < -0.39 is 0 Å². The molecule has 2 aromatic carbocycles. The molecule has 0 aliphatic carbocycles. The van der Waals surface area contributed by atoms with Gasteiger partial charge in [0.05, 0.1) is 13.0 Å². The highest BCUT2D eigenvalue weighted by molar-refractivity contribution is 5.97. The maximum Gasteiger partial charge on any atom is 0.229 e. The first-order chi connectivity index (χ1) is 13.0. The summed E-state index contributed by atoms with van der Waals surface area (Å²) < 4.78 is 5.36. The number of carbonyl (C=O) groups is 2. The number of nitrogens with one attached hydrogen (secondary N) is 1. The third-order valence-electron chi connectivity index (χ3n) is 4.92. The predicted molar refractivity (Wildman–Crippen MR) is 106 cm³/mol. The molecule has 1 heterocycles. The molecule has 1 unspecified atom stereocenters. The topological polar surface area (TPSA) is 58.6 Å². The molecule has 0 aromatic heterocycles. The molecule has 27 heavy (non-hydrogen) atoms. The van der Waals surface area contributed by atoms with Crippen LogP contribution >= 0.6 is 0 Å². The minimum Gasteiger partial charge on any atom is -0.496 e. The molecule has 2 amide bonds. The molecule has 5 heteroatoms. The van der Waals surface area contributed by atoms with E-state index in [0.717, 1.165) is 28.1 Å². The van der Waals surface area contributed by atoms with Gasteiger partial charge in [-0.3, -0.25) is 9.59 Å². The predicted octanol–water partition coefficient (Wildman–Crippen LogP) is 3.34. The van der Waals surface area contributed by atoms with Gasteiger partial charge in [-0.15, -0.1) is 0 Å². The zero-order valence-electron chi connectivity index (χ0n) is 16.1. The number of likely N-dealkylation sites (tertiary alicyclic amines) is 1. The van der Waals surface area contributed by atoms with Gasteiger partial charge in [0.2, 0.25) is 11.8 Å². The van der Waals surface area contributed by atoms with Crippen LogP contribution in [0.15, 0.2) is 42.5 Å². The van der Waals surface area contributed by atoms with Gasteiger partial charge in [0.15, 0.2) is 0 Å². The van der Waals surface area contributed by atoms with E-state index in [2.05, 4.69) is 11.4 Å². The fraction of sp³-hybridized carbons (Fsp3) is 0.364. The Kier molecular flexibility index (Phi) is 5.79. The molecule has 2 aromatic rings. The first kappa shape index (κ1) is 19.0. The van der Waals surface area contributed by atoms with Crippen LogP contribution in [0.25, 0.3) is 0 Å². The number of hydrogen-bond acceptors (Lipinski definition) is 3. The average molecular weight is 366 g/mol. The highest BCUT2D eigenvalue weighted by atomic mass is 16.5. The smallest absolute Gasteiger partial charge is 0.229 e. The molecule has 0 spiro atoms. The molecule has 1 saturated heterocycles. The summed E-state index contributed by atoms with van der Waals surface area (Å²) in [7, 11) is 1.65. The highest BCUT2D eigenvalue weighted by Crippen LogP contribution is 2.23. The second-order valence-corrected chi connectivity index (χ2v) is 7.17. The Balaban J connectivity index is 1.58. The Bertz CT molecular complexity index is 827. The summed E-state index contributed by atoms with van der Waals surface area (Å²) in [4.78, 5) is 26.7. The standard InChI is InChI=1S/C22H26N2O3/c1-15-10-16(2)12-19(11-15)23-22(26)18-13-21(25)24(14-18)9-8-17-6-4-5-7-20(17)27-3/h4-7,10-12,18H,8-9,13-14H2,1-3H3,(H,23,26). The van der Waals surface area contributed by atoms with E-state index in [1.54, 1.807) is 12.0 Å². The Morgan fingerprint density at radius 1 is 1.19 bits per heavy atom. The van der Waals surface area contributed by atoms with Crippen molar-refractivity contribution < 1.29 is 14.3 Å². The number of amides is 2. The normalized spacial score (nSPS) is 16.5. The van der Waals surface area contributed by atoms with Crippen molar-refractivity contribution in [1.29, 1.82) is 0 Å². The summed E-state index contributed by atoms with van der Waals surface area (Å²) in [6, 6.07) is 13.8. The molecule has 5 nitrogen and oxygen atoms in total. The summed E-state index contributed by atoms with van der Waals surface area (Å²) in [5.74, 6) is 0.461. The van der Waals surface area contributed by atoms with Crippen LogP contribution in [0.4, 0.5) is 5.69 Å². The van der Waals surface area contributed by atoms with E-state index in [1.807, 2.05) is 50.2 Å². The summed E-state index contributed by atoms with van der Waals surface area (Å²) in [5.41, 5.74) is 4.06. The van der Waals surface area contributed by atoms with Crippen LogP contribution in [-0.2, 0) is 16.0 Å². The average Bonchev–Trinajstić information content (AvgIpc) is 3.00. The van der Waals surface area contributed by atoms with E-state index >= 15 is 0 Å². The van der Waals surface area contributed by atoms with E-state index in [4.69, 9.17) is 4.74 Å². The Morgan fingerprint density at radius 3 is 2.59 bits per heavy atom. The van der Waals surface area contributed by atoms with Crippen molar-refractivity contribution in [2.75, 3.05) is 25.5 Å². The van der Waals surface area contributed by atoms with Gasteiger partial charge in [0, 0.05) is 25.2 Å². The maximum atomic E-state index is 12.6.